The zero-order chi connectivity index (χ0) is 22.1. The SMILES string of the molecule is COC1=CC(=O)C2C(=C3C4=C(CNC4=O)c4c(n(C)c5ccccc45)C3N2CCC#N)C1. The molecule has 1 amide bonds. The van der Waals surface area contributed by atoms with Crippen LogP contribution in [0.15, 0.2) is 52.8 Å². The summed E-state index contributed by atoms with van der Waals surface area (Å²) < 4.78 is 7.65. The van der Waals surface area contributed by atoms with Crippen LogP contribution in [0.1, 0.15) is 30.1 Å². The number of amides is 1. The maximum atomic E-state index is 13.3. The second kappa shape index (κ2) is 6.68. The molecule has 0 fully saturated rings. The third-order valence-corrected chi connectivity index (χ3v) is 7.23. The summed E-state index contributed by atoms with van der Waals surface area (Å²) >= 11 is 0. The van der Waals surface area contributed by atoms with Crippen LogP contribution in [0.4, 0.5) is 0 Å². The van der Waals surface area contributed by atoms with Crippen molar-refractivity contribution in [1.82, 2.24) is 14.8 Å². The molecule has 0 radical (unpaired) electrons. The van der Waals surface area contributed by atoms with E-state index in [1.807, 2.05) is 19.2 Å². The zero-order valence-electron chi connectivity index (χ0n) is 17.9. The summed E-state index contributed by atoms with van der Waals surface area (Å²) in [4.78, 5) is 28.5. The Morgan fingerprint density at radius 1 is 1.25 bits per heavy atom. The Morgan fingerprint density at radius 3 is 2.84 bits per heavy atom. The highest BCUT2D eigenvalue weighted by molar-refractivity contribution is 6.16. The highest BCUT2D eigenvalue weighted by Gasteiger charge is 2.53. The number of hydrogen-bond acceptors (Lipinski definition) is 5. The third kappa shape index (κ3) is 2.28. The molecule has 0 spiro atoms. The zero-order valence-corrected chi connectivity index (χ0v) is 17.9. The van der Waals surface area contributed by atoms with Crippen LogP contribution in [-0.2, 0) is 21.4 Å². The molecule has 2 aromatic rings. The molecule has 1 N–H and O–H groups in total. The van der Waals surface area contributed by atoms with Crippen LogP contribution in [0.25, 0.3) is 16.5 Å². The second-order valence-electron chi connectivity index (χ2n) is 8.66. The van der Waals surface area contributed by atoms with Crippen molar-refractivity contribution in [3.05, 3.63) is 64.1 Å². The first-order valence-corrected chi connectivity index (χ1v) is 10.8. The minimum Gasteiger partial charge on any atom is -0.501 e. The number of ketones is 1. The summed E-state index contributed by atoms with van der Waals surface area (Å²) in [5, 5.41) is 13.5. The van der Waals surface area contributed by atoms with E-state index in [-0.39, 0.29) is 17.7 Å². The van der Waals surface area contributed by atoms with E-state index in [0.717, 1.165) is 38.9 Å². The number of nitrogens with one attached hydrogen (secondary N) is 1. The molecule has 2 unspecified atom stereocenters. The van der Waals surface area contributed by atoms with Gasteiger partial charge in [-0.2, -0.15) is 5.26 Å². The van der Waals surface area contributed by atoms with Gasteiger partial charge in [0.15, 0.2) is 5.78 Å². The lowest BCUT2D eigenvalue weighted by atomic mass is 9.80. The number of rotatable bonds is 3. The third-order valence-electron chi connectivity index (χ3n) is 7.23. The molecule has 2 aliphatic heterocycles. The largest absolute Gasteiger partial charge is 0.501 e. The first-order valence-electron chi connectivity index (χ1n) is 10.8. The number of nitrogens with zero attached hydrogens (tertiary/aromatic N) is 3. The predicted octanol–water partition coefficient (Wildman–Crippen LogP) is 2.51. The maximum absolute atomic E-state index is 13.3. The van der Waals surface area contributed by atoms with Gasteiger partial charge in [0, 0.05) is 61.2 Å². The fourth-order valence-electron chi connectivity index (χ4n) is 6.03. The molecule has 160 valence electrons. The van der Waals surface area contributed by atoms with Crippen molar-refractivity contribution < 1.29 is 14.3 Å². The number of ether oxygens (including phenoxy) is 1. The van der Waals surface area contributed by atoms with Crippen LogP contribution >= 0.6 is 0 Å². The second-order valence-corrected chi connectivity index (χ2v) is 8.66. The van der Waals surface area contributed by atoms with Gasteiger partial charge in [-0.15, -0.1) is 0 Å². The number of nitriles is 1. The van der Waals surface area contributed by atoms with Gasteiger partial charge in [0.1, 0.15) is 5.76 Å². The van der Waals surface area contributed by atoms with E-state index < -0.39 is 6.04 Å². The van der Waals surface area contributed by atoms with Crippen LogP contribution in [0, 0.1) is 11.3 Å². The van der Waals surface area contributed by atoms with Crippen molar-refractivity contribution in [2.45, 2.75) is 24.9 Å². The van der Waals surface area contributed by atoms with Crippen molar-refractivity contribution in [1.29, 1.82) is 5.26 Å². The fraction of sp³-hybridized carbons (Fsp3) is 0.320. The number of hydrogen-bond donors (Lipinski definition) is 1. The summed E-state index contributed by atoms with van der Waals surface area (Å²) in [6, 6.07) is 9.70. The Kier molecular flexibility index (Phi) is 3.99. The van der Waals surface area contributed by atoms with Gasteiger partial charge in [-0.25, -0.2) is 0 Å². The molecule has 3 heterocycles. The van der Waals surface area contributed by atoms with Crippen molar-refractivity contribution in [2.24, 2.45) is 7.05 Å². The minimum absolute atomic E-state index is 0.0520. The van der Waals surface area contributed by atoms with E-state index in [4.69, 9.17) is 4.74 Å². The van der Waals surface area contributed by atoms with Crippen molar-refractivity contribution in [2.75, 3.05) is 20.2 Å². The van der Waals surface area contributed by atoms with Crippen molar-refractivity contribution in [3.63, 3.8) is 0 Å². The predicted molar refractivity (Wildman–Crippen MR) is 118 cm³/mol. The van der Waals surface area contributed by atoms with E-state index >= 15 is 0 Å². The Labute approximate surface area is 185 Å². The van der Waals surface area contributed by atoms with Crippen molar-refractivity contribution >= 4 is 28.2 Å². The van der Waals surface area contributed by atoms with Gasteiger partial charge in [-0.3, -0.25) is 14.5 Å². The molecule has 6 rings (SSSR count). The molecule has 0 bridgehead atoms. The smallest absolute Gasteiger partial charge is 0.252 e. The first-order chi connectivity index (χ1) is 15.6. The van der Waals surface area contributed by atoms with Crippen LogP contribution in [0.5, 0.6) is 0 Å². The average molecular weight is 426 g/mol. The highest BCUT2D eigenvalue weighted by atomic mass is 16.5. The number of aryl methyl sites for hydroxylation is 1. The molecule has 1 aromatic heterocycles. The summed E-state index contributed by atoms with van der Waals surface area (Å²) in [7, 11) is 3.62. The molecular weight excluding hydrogens is 404 g/mol. The number of para-hydroxylation sites is 1. The van der Waals surface area contributed by atoms with Gasteiger partial charge in [0.05, 0.1) is 30.8 Å². The molecular formula is C25H22N4O3. The molecule has 7 heteroatoms. The number of carbonyl (C=O) groups is 2. The first kappa shape index (κ1) is 19.1. The standard InChI is InChI=1S/C25H22N4O3/c1-28-17-7-4-3-6-14(17)19-16-12-27-25(31)21(16)20-15-10-13(32-2)11-18(30)22(15)29(9-5-8-26)24(20)23(19)28/h3-4,6-7,11,22,24H,5,9-10,12H2,1-2H3,(H,27,31). The van der Waals surface area contributed by atoms with Gasteiger partial charge in [-0.05, 0) is 22.8 Å². The monoisotopic (exact) mass is 426 g/mol. The lowest BCUT2D eigenvalue weighted by Gasteiger charge is -2.34. The number of carbonyl (C=O) groups excluding carboxylic acids is 2. The molecule has 0 saturated carbocycles. The van der Waals surface area contributed by atoms with Crippen LogP contribution < -0.4 is 5.32 Å². The lowest BCUT2D eigenvalue weighted by molar-refractivity contribution is -0.119. The van der Waals surface area contributed by atoms with Crippen molar-refractivity contribution in [3.8, 4) is 6.07 Å². The molecule has 0 saturated heterocycles. The number of methoxy groups -OCH3 is 1. The summed E-state index contributed by atoms with van der Waals surface area (Å²) in [5.41, 5.74) is 6.81. The number of allylic oxidation sites excluding steroid dienone is 1. The maximum Gasteiger partial charge on any atom is 0.252 e. The Balaban J connectivity index is 1.70. The lowest BCUT2D eigenvalue weighted by Crippen LogP contribution is -2.42. The normalized spacial score (nSPS) is 24.1. The quantitative estimate of drug-likeness (QED) is 0.815. The molecule has 4 aliphatic rings. The fourth-order valence-corrected chi connectivity index (χ4v) is 6.03. The average Bonchev–Trinajstić information content (AvgIpc) is 3.43. The minimum atomic E-state index is -0.478. The van der Waals surface area contributed by atoms with Gasteiger partial charge in [0.25, 0.3) is 5.91 Å². The van der Waals surface area contributed by atoms with E-state index in [9.17, 15) is 14.9 Å². The Hall–Kier alpha value is -3.63. The summed E-state index contributed by atoms with van der Waals surface area (Å²) in [6.07, 6.45) is 2.36. The topological polar surface area (TPSA) is 87.4 Å². The molecule has 2 atom stereocenters. The van der Waals surface area contributed by atoms with Crippen LogP contribution in [0.2, 0.25) is 0 Å². The number of benzene rings is 1. The molecule has 1 aromatic carbocycles. The van der Waals surface area contributed by atoms with Gasteiger partial charge in [-0.1, -0.05) is 18.2 Å². The molecule has 2 aliphatic carbocycles. The molecule has 32 heavy (non-hydrogen) atoms. The summed E-state index contributed by atoms with van der Waals surface area (Å²) in [6.45, 7) is 0.925. The van der Waals surface area contributed by atoms with Crippen LogP contribution in [-0.4, -0.2) is 47.4 Å². The van der Waals surface area contributed by atoms with E-state index in [0.29, 0.717) is 37.3 Å². The van der Waals surface area contributed by atoms with E-state index in [1.54, 1.807) is 13.2 Å². The summed E-state index contributed by atoms with van der Waals surface area (Å²) in [5.74, 6) is 0.467. The van der Waals surface area contributed by atoms with Gasteiger partial charge in [0.2, 0.25) is 0 Å². The molecule has 7 nitrogen and oxygen atoms in total. The highest BCUT2D eigenvalue weighted by Crippen LogP contribution is 2.56. The van der Waals surface area contributed by atoms with Gasteiger partial charge >= 0.3 is 0 Å². The van der Waals surface area contributed by atoms with Gasteiger partial charge < -0.3 is 14.6 Å². The van der Waals surface area contributed by atoms with Crippen LogP contribution in [0.3, 0.4) is 0 Å². The number of fused-ring (bicyclic) bond motifs is 8. The van der Waals surface area contributed by atoms with E-state index in [2.05, 4.69) is 33.0 Å². The Bertz CT molecular complexity index is 1370. The Morgan fingerprint density at radius 2 is 2.06 bits per heavy atom. The van der Waals surface area contributed by atoms with E-state index in [1.165, 1.54) is 0 Å². The number of aromatic nitrogens is 1.